The lowest BCUT2D eigenvalue weighted by Crippen LogP contribution is -2.45. The zero-order chi connectivity index (χ0) is 16.4. The molecular weight excluding hydrogens is 360 g/mol. The Morgan fingerprint density at radius 1 is 1.48 bits per heavy atom. The molecule has 1 aromatic carbocycles. The number of ether oxygens (including phenoxy) is 1. The average molecular weight is 379 g/mol. The van der Waals surface area contributed by atoms with Crippen LogP contribution in [0.4, 0.5) is 0 Å². The fourth-order valence-electron chi connectivity index (χ4n) is 3.08. The highest BCUT2D eigenvalue weighted by atomic mass is 79.9. The Hall–Kier alpha value is -1.66. The molecule has 122 valence electrons. The zero-order valence-corrected chi connectivity index (χ0v) is 14.6. The zero-order valence-electron chi connectivity index (χ0n) is 13.0. The normalized spacial score (nSPS) is 19.2. The molecule has 6 heteroatoms. The smallest absolute Gasteiger partial charge is 0.317 e. The minimum Gasteiger partial charge on any atom is -0.468 e. The van der Waals surface area contributed by atoms with Crippen LogP contribution < -0.4 is 0 Å². The SMILES string of the molecule is COC(=O)C1CN(CCc2c[nH]c3ccc(Br)cc23)CCC1=O. The van der Waals surface area contributed by atoms with Crippen molar-refractivity contribution in [1.29, 1.82) is 0 Å². The molecule has 0 amide bonds. The second-order valence-corrected chi connectivity index (χ2v) is 6.76. The number of nitrogens with one attached hydrogen (secondary N) is 1. The first-order valence-electron chi connectivity index (χ1n) is 7.67. The minimum atomic E-state index is -0.633. The molecule has 2 heterocycles. The molecule has 23 heavy (non-hydrogen) atoms. The molecule has 3 rings (SSSR count). The van der Waals surface area contributed by atoms with Gasteiger partial charge in [-0.25, -0.2) is 0 Å². The number of ketones is 1. The van der Waals surface area contributed by atoms with Crippen LogP contribution in [0.2, 0.25) is 0 Å². The van der Waals surface area contributed by atoms with Crippen LogP contribution in [0.1, 0.15) is 12.0 Å². The van der Waals surface area contributed by atoms with Gasteiger partial charge in [-0.1, -0.05) is 15.9 Å². The van der Waals surface area contributed by atoms with Crippen LogP contribution >= 0.6 is 15.9 Å². The van der Waals surface area contributed by atoms with Crippen molar-refractivity contribution in [3.05, 3.63) is 34.4 Å². The molecule has 0 bridgehead atoms. The maximum Gasteiger partial charge on any atom is 0.317 e. The summed E-state index contributed by atoms with van der Waals surface area (Å²) in [5.74, 6) is -1.06. The molecule has 2 aromatic rings. The molecule has 0 saturated carbocycles. The predicted octanol–water partition coefficient (Wildman–Crippen LogP) is 2.54. The summed E-state index contributed by atoms with van der Waals surface area (Å²) in [4.78, 5) is 29.0. The highest BCUT2D eigenvalue weighted by molar-refractivity contribution is 9.10. The number of hydrogen-bond acceptors (Lipinski definition) is 4. The summed E-state index contributed by atoms with van der Waals surface area (Å²) in [5.41, 5.74) is 2.36. The molecule has 1 aromatic heterocycles. The van der Waals surface area contributed by atoms with Gasteiger partial charge in [-0.3, -0.25) is 9.59 Å². The Labute approximate surface area is 143 Å². The number of methoxy groups -OCH3 is 1. The van der Waals surface area contributed by atoms with E-state index in [4.69, 9.17) is 4.74 Å². The number of nitrogens with zero attached hydrogens (tertiary/aromatic N) is 1. The third-order valence-corrected chi connectivity index (χ3v) is 4.91. The lowest BCUT2D eigenvalue weighted by molar-refractivity contribution is -0.151. The number of likely N-dealkylation sites (tertiary alicyclic amines) is 1. The summed E-state index contributed by atoms with van der Waals surface area (Å²) < 4.78 is 5.79. The third-order valence-electron chi connectivity index (χ3n) is 4.42. The van der Waals surface area contributed by atoms with E-state index in [0.29, 0.717) is 19.5 Å². The summed E-state index contributed by atoms with van der Waals surface area (Å²) >= 11 is 3.50. The van der Waals surface area contributed by atoms with Crippen molar-refractivity contribution in [3.63, 3.8) is 0 Å². The van der Waals surface area contributed by atoms with Crippen LogP contribution in [0.15, 0.2) is 28.9 Å². The minimum absolute atomic E-state index is 0.0101. The average Bonchev–Trinajstić information content (AvgIpc) is 2.95. The van der Waals surface area contributed by atoms with Gasteiger partial charge in [0.2, 0.25) is 0 Å². The number of hydrogen-bond donors (Lipinski definition) is 1. The summed E-state index contributed by atoms with van der Waals surface area (Å²) in [5, 5.41) is 1.21. The predicted molar refractivity (Wildman–Crippen MR) is 91.3 cm³/mol. The van der Waals surface area contributed by atoms with E-state index in [2.05, 4.69) is 37.9 Å². The number of halogens is 1. The van der Waals surface area contributed by atoms with Crippen LogP contribution in [-0.4, -0.2) is 48.4 Å². The third kappa shape index (κ3) is 3.48. The van der Waals surface area contributed by atoms with Gasteiger partial charge in [-0.15, -0.1) is 0 Å². The van der Waals surface area contributed by atoms with Crippen LogP contribution in [0, 0.1) is 5.92 Å². The van der Waals surface area contributed by atoms with Crippen molar-refractivity contribution in [2.75, 3.05) is 26.7 Å². The number of aromatic nitrogens is 1. The Balaban J connectivity index is 1.66. The molecule has 0 spiro atoms. The Morgan fingerprint density at radius 3 is 3.09 bits per heavy atom. The first kappa shape index (κ1) is 16.2. The fourth-order valence-corrected chi connectivity index (χ4v) is 3.44. The highest BCUT2D eigenvalue weighted by Gasteiger charge is 2.33. The van der Waals surface area contributed by atoms with E-state index in [1.165, 1.54) is 18.1 Å². The van der Waals surface area contributed by atoms with Gasteiger partial charge in [-0.05, 0) is 30.2 Å². The fraction of sp³-hybridized carbons (Fsp3) is 0.412. The van der Waals surface area contributed by atoms with E-state index in [9.17, 15) is 9.59 Å². The lowest BCUT2D eigenvalue weighted by Gasteiger charge is -2.30. The van der Waals surface area contributed by atoms with Gasteiger partial charge < -0.3 is 14.6 Å². The monoisotopic (exact) mass is 378 g/mol. The van der Waals surface area contributed by atoms with Crippen molar-refractivity contribution in [2.45, 2.75) is 12.8 Å². The number of piperidine rings is 1. The second-order valence-electron chi connectivity index (χ2n) is 5.85. The van der Waals surface area contributed by atoms with Crippen LogP contribution in [0.25, 0.3) is 10.9 Å². The van der Waals surface area contributed by atoms with Crippen molar-refractivity contribution in [3.8, 4) is 0 Å². The first-order valence-corrected chi connectivity index (χ1v) is 8.46. The number of carbonyl (C=O) groups is 2. The van der Waals surface area contributed by atoms with Gasteiger partial charge in [0.05, 0.1) is 7.11 Å². The van der Waals surface area contributed by atoms with E-state index < -0.39 is 11.9 Å². The molecule has 1 aliphatic heterocycles. The number of esters is 1. The number of fused-ring (bicyclic) bond motifs is 1. The summed E-state index contributed by atoms with van der Waals surface area (Å²) in [6.07, 6.45) is 3.32. The molecule has 1 fully saturated rings. The molecule has 1 N–H and O–H groups in total. The van der Waals surface area contributed by atoms with Crippen molar-refractivity contribution < 1.29 is 14.3 Å². The Kier molecular flexibility index (Phi) is 4.82. The highest BCUT2D eigenvalue weighted by Crippen LogP contribution is 2.23. The number of H-pyrrole nitrogens is 1. The number of aromatic amines is 1. The number of rotatable bonds is 4. The molecule has 1 unspecified atom stereocenters. The van der Waals surface area contributed by atoms with Gasteiger partial charge in [0.25, 0.3) is 0 Å². The molecule has 1 aliphatic rings. The van der Waals surface area contributed by atoms with E-state index in [0.717, 1.165) is 23.0 Å². The van der Waals surface area contributed by atoms with Crippen LogP contribution in [0.5, 0.6) is 0 Å². The maximum atomic E-state index is 11.8. The second kappa shape index (κ2) is 6.84. The van der Waals surface area contributed by atoms with E-state index in [1.807, 2.05) is 12.3 Å². The van der Waals surface area contributed by atoms with Gasteiger partial charge in [0, 0.05) is 47.6 Å². The van der Waals surface area contributed by atoms with Gasteiger partial charge in [0.15, 0.2) is 0 Å². The maximum absolute atomic E-state index is 11.8. The number of benzene rings is 1. The summed E-state index contributed by atoms with van der Waals surface area (Å²) in [6.45, 7) is 1.98. The molecular formula is C17H19BrN2O3. The molecule has 0 radical (unpaired) electrons. The first-order chi connectivity index (χ1) is 11.1. The number of carbonyl (C=O) groups excluding carboxylic acids is 2. The summed E-state index contributed by atoms with van der Waals surface area (Å²) in [6, 6.07) is 6.17. The standard InChI is InChI=1S/C17H19BrN2O3/c1-23-17(22)14-10-20(7-5-16(14)21)6-4-11-9-19-15-3-2-12(18)8-13(11)15/h2-3,8-9,14,19H,4-7,10H2,1H3. The van der Waals surface area contributed by atoms with Crippen molar-refractivity contribution in [1.82, 2.24) is 9.88 Å². The van der Waals surface area contributed by atoms with Crippen molar-refractivity contribution >= 4 is 38.6 Å². The van der Waals surface area contributed by atoms with Crippen molar-refractivity contribution in [2.24, 2.45) is 5.92 Å². The molecule has 1 atom stereocenters. The molecule has 1 saturated heterocycles. The number of Topliss-reactive ketones (excluding diaryl/α,β-unsaturated/α-hetero) is 1. The molecule has 0 aliphatic carbocycles. The van der Waals surface area contributed by atoms with E-state index in [1.54, 1.807) is 0 Å². The largest absolute Gasteiger partial charge is 0.468 e. The van der Waals surface area contributed by atoms with Gasteiger partial charge in [-0.2, -0.15) is 0 Å². The Bertz CT molecular complexity index is 733. The Morgan fingerprint density at radius 2 is 2.30 bits per heavy atom. The van der Waals surface area contributed by atoms with Gasteiger partial charge >= 0.3 is 5.97 Å². The topological polar surface area (TPSA) is 62.4 Å². The van der Waals surface area contributed by atoms with Crippen LogP contribution in [0.3, 0.4) is 0 Å². The van der Waals surface area contributed by atoms with Gasteiger partial charge in [0.1, 0.15) is 11.7 Å². The molecule has 5 nitrogen and oxygen atoms in total. The lowest BCUT2D eigenvalue weighted by atomic mass is 9.96. The van der Waals surface area contributed by atoms with E-state index >= 15 is 0 Å². The quantitative estimate of drug-likeness (QED) is 0.655. The summed E-state index contributed by atoms with van der Waals surface area (Å²) in [7, 11) is 1.33. The van der Waals surface area contributed by atoms with E-state index in [-0.39, 0.29) is 5.78 Å². The van der Waals surface area contributed by atoms with Crippen LogP contribution in [-0.2, 0) is 20.7 Å².